The van der Waals surface area contributed by atoms with Crippen LogP contribution < -0.4 is 5.32 Å². The predicted molar refractivity (Wildman–Crippen MR) is 67.5 cm³/mol. The molecule has 15 heavy (non-hydrogen) atoms. The van der Waals surface area contributed by atoms with Crippen molar-refractivity contribution in [2.75, 3.05) is 5.32 Å². The second-order valence-electron chi connectivity index (χ2n) is 4.17. The number of hydrogen-bond donors (Lipinski definition) is 1. The maximum absolute atomic E-state index is 4.40. The first-order valence-corrected chi connectivity index (χ1v) is 6.15. The highest BCUT2D eigenvalue weighted by Gasteiger charge is 2.09. The molecular formula is C12H16N2S. The molecule has 1 N–H and O–H groups in total. The largest absolute Gasteiger partial charge is 0.367 e. The van der Waals surface area contributed by atoms with E-state index in [4.69, 9.17) is 0 Å². The molecule has 0 bridgehead atoms. The van der Waals surface area contributed by atoms with Gasteiger partial charge in [0.1, 0.15) is 5.82 Å². The van der Waals surface area contributed by atoms with Crippen LogP contribution in [0.2, 0.25) is 0 Å². The second kappa shape index (κ2) is 4.19. The van der Waals surface area contributed by atoms with Gasteiger partial charge in [0.05, 0.1) is 0 Å². The Labute approximate surface area is 94.3 Å². The Bertz CT molecular complexity index is 448. The average Bonchev–Trinajstić information content (AvgIpc) is 2.66. The van der Waals surface area contributed by atoms with Gasteiger partial charge in [-0.2, -0.15) is 0 Å². The van der Waals surface area contributed by atoms with Gasteiger partial charge >= 0.3 is 0 Å². The van der Waals surface area contributed by atoms with Gasteiger partial charge in [0.15, 0.2) is 0 Å². The van der Waals surface area contributed by atoms with E-state index in [1.54, 1.807) is 11.3 Å². The summed E-state index contributed by atoms with van der Waals surface area (Å²) in [4.78, 5) is 4.40. The molecule has 2 aromatic rings. The molecule has 0 saturated heterocycles. The SMILES string of the molecule is CC(C)C(C)Nc1nccc2sccc12. The molecule has 80 valence electrons. The molecule has 0 aliphatic rings. The Hall–Kier alpha value is -1.09. The Morgan fingerprint density at radius 3 is 2.80 bits per heavy atom. The molecule has 0 aliphatic heterocycles. The van der Waals surface area contributed by atoms with E-state index in [9.17, 15) is 0 Å². The number of aromatic nitrogens is 1. The summed E-state index contributed by atoms with van der Waals surface area (Å²) in [7, 11) is 0. The number of fused-ring (bicyclic) bond motifs is 1. The molecule has 2 rings (SSSR count). The summed E-state index contributed by atoms with van der Waals surface area (Å²) < 4.78 is 1.29. The molecule has 2 nitrogen and oxygen atoms in total. The van der Waals surface area contributed by atoms with Gasteiger partial charge in [0, 0.05) is 22.3 Å². The quantitative estimate of drug-likeness (QED) is 0.852. The second-order valence-corrected chi connectivity index (χ2v) is 5.12. The summed E-state index contributed by atoms with van der Waals surface area (Å²) >= 11 is 1.76. The van der Waals surface area contributed by atoms with E-state index in [1.165, 1.54) is 10.1 Å². The fraction of sp³-hybridized carbons (Fsp3) is 0.417. The maximum Gasteiger partial charge on any atom is 0.134 e. The highest BCUT2D eigenvalue weighted by Crippen LogP contribution is 2.26. The van der Waals surface area contributed by atoms with Crippen molar-refractivity contribution in [2.45, 2.75) is 26.8 Å². The lowest BCUT2D eigenvalue weighted by atomic mass is 10.1. The number of pyridine rings is 1. The van der Waals surface area contributed by atoms with Gasteiger partial charge in [-0.25, -0.2) is 4.98 Å². The van der Waals surface area contributed by atoms with Crippen LogP contribution in [0.3, 0.4) is 0 Å². The Kier molecular flexibility index (Phi) is 2.91. The normalized spacial score (nSPS) is 13.3. The van der Waals surface area contributed by atoms with E-state index in [0.29, 0.717) is 12.0 Å². The molecule has 0 aromatic carbocycles. The van der Waals surface area contributed by atoms with Crippen molar-refractivity contribution < 1.29 is 0 Å². The molecule has 0 fully saturated rings. The Balaban J connectivity index is 2.31. The van der Waals surface area contributed by atoms with E-state index < -0.39 is 0 Å². The van der Waals surface area contributed by atoms with Gasteiger partial charge in [-0.05, 0) is 30.4 Å². The number of nitrogens with zero attached hydrogens (tertiary/aromatic N) is 1. The first-order chi connectivity index (χ1) is 7.18. The third kappa shape index (κ3) is 2.12. The van der Waals surface area contributed by atoms with E-state index in [-0.39, 0.29) is 0 Å². The Morgan fingerprint density at radius 2 is 2.07 bits per heavy atom. The van der Waals surface area contributed by atoms with Crippen molar-refractivity contribution in [3.63, 3.8) is 0 Å². The monoisotopic (exact) mass is 220 g/mol. The van der Waals surface area contributed by atoms with Crippen molar-refractivity contribution in [3.8, 4) is 0 Å². The zero-order valence-electron chi connectivity index (χ0n) is 9.32. The molecule has 0 saturated carbocycles. The molecule has 0 amide bonds. The molecule has 0 radical (unpaired) electrons. The van der Waals surface area contributed by atoms with Crippen LogP contribution in [0.4, 0.5) is 5.82 Å². The fourth-order valence-electron chi connectivity index (χ4n) is 1.39. The molecule has 3 heteroatoms. The van der Waals surface area contributed by atoms with Crippen molar-refractivity contribution >= 4 is 27.2 Å². The lowest BCUT2D eigenvalue weighted by molar-refractivity contribution is 0.559. The zero-order chi connectivity index (χ0) is 10.8. The number of thiophene rings is 1. The number of anilines is 1. The topological polar surface area (TPSA) is 24.9 Å². The highest BCUT2D eigenvalue weighted by atomic mass is 32.1. The first kappa shape index (κ1) is 10.4. The molecule has 0 aliphatic carbocycles. The fourth-order valence-corrected chi connectivity index (χ4v) is 2.17. The van der Waals surface area contributed by atoms with Crippen LogP contribution in [0.1, 0.15) is 20.8 Å². The molecule has 1 unspecified atom stereocenters. The van der Waals surface area contributed by atoms with Gasteiger partial charge in [0.2, 0.25) is 0 Å². The van der Waals surface area contributed by atoms with Gasteiger partial charge < -0.3 is 5.32 Å². The molecule has 1 atom stereocenters. The number of hydrogen-bond acceptors (Lipinski definition) is 3. The lowest BCUT2D eigenvalue weighted by Crippen LogP contribution is -2.22. The van der Waals surface area contributed by atoms with Crippen LogP contribution >= 0.6 is 11.3 Å². The third-order valence-corrected chi connectivity index (χ3v) is 3.63. The number of rotatable bonds is 3. The van der Waals surface area contributed by atoms with Gasteiger partial charge in [-0.3, -0.25) is 0 Å². The molecule has 2 heterocycles. The summed E-state index contributed by atoms with van der Waals surface area (Å²) in [6, 6.07) is 4.64. The van der Waals surface area contributed by atoms with Crippen molar-refractivity contribution in [1.82, 2.24) is 4.98 Å². The molecule has 2 aromatic heterocycles. The van der Waals surface area contributed by atoms with Gasteiger partial charge in [-0.15, -0.1) is 11.3 Å². The number of nitrogens with one attached hydrogen (secondary N) is 1. The Morgan fingerprint density at radius 1 is 1.27 bits per heavy atom. The van der Waals surface area contributed by atoms with Crippen LogP contribution in [0.25, 0.3) is 10.1 Å². The van der Waals surface area contributed by atoms with E-state index in [1.807, 2.05) is 6.20 Å². The minimum Gasteiger partial charge on any atom is -0.367 e. The minimum atomic E-state index is 0.447. The van der Waals surface area contributed by atoms with Crippen LogP contribution in [0, 0.1) is 5.92 Å². The van der Waals surface area contributed by atoms with E-state index >= 15 is 0 Å². The predicted octanol–water partition coefficient (Wildman–Crippen LogP) is 3.75. The average molecular weight is 220 g/mol. The molecule has 0 spiro atoms. The first-order valence-electron chi connectivity index (χ1n) is 5.27. The van der Waals surface area contributed by atoms with Crippen LogP contribution in [-0.4, -0.2) is 11.0 Å². The van der Waals surface area contributed by atoms with Crippen LogP contribution in [0.15, 0.2) is 23.7 Å². The standard InChI is InChI=1S/C12H16N2S/c1-8(2)9(3)14-12-10-5-7-15-11(10)4-6-13-12/h4-9H,1-3H3,(H,13,14). The van der Waals surface area contributed by atoms with E-state index in [2.05, 4.69) is 48.6 Å². The van der Waals surface area contributed by atoms with Crippen LogP contribution in [-0.2, 0) is 0 Å². The van der Waals surface area contributed by atoms with E-state index in [0.717, 1.165) is 5.82 Å². The minimum absolute atomic E-state index is 0.447. The lowest BCUT2D eigenvalue weighted by Gasteiger charge is -2.18. The third-order valence-electron chi connectivity index (χ3n) is 2.74. The summed E-state index contributed by atoms with van der Waals surface area (Å²) in [6.45, 7) is 6.62. The van der Waals surface area contributed by atoms with Crippen molar-refractivity contribution in [2.24, 2.45) is 5.92 Å². The highest BCUT2D eigenvalue weighted by molar-refractivity contribution is 7.17. The van der Waals surface area contributed by atoms with Crippen molar-refractivity contribution in [3.05, 3.63) is 23.7 Å². The zero-order valence-corrected chi connectivity index (χ0v) is 10.1. The van der Waals surface area contributed by atoms with Crippen molar-refractivity contribution in [1.29, 1.82) is 0 Å². The van der Waals surface area contributed by atoms with Crippen LogP contribution in [0.5, 0.6) is 0 Å². The smallest absolute Gasteiger partial charge is 0.134 e. The van der Waals surface area contributed by atoms with Gasteiger partial charge in [-0.1, -0.05) is 13.8 Å². The maximum atomic E-state index is 4.40. The summed E-state index contributed by atoms with van der Waals surface area (Å²) in [5, 5.41) is 6.81. The summed E-state index contributed by atoms with van der Waals surface area (Å²) in [6.07, 6.45) is 1.87. The summed E-state index contributed by atoms with van der Waals surface area (Å²) in [5.74, 6) is 1.62. The molecular weight excluding hydrogens is 204 g/mol. The summed E-state index contributed by atoms with van der Waals surface area (Å²) in [5.41, 5.74) is 0. The van der Waals surface area contributed by atoms with Gasteiger partial charge in [0.25, 0.3) is 0 Å².